The van der Waals surface area contributed by atoms with Gasteiger partial charge in [0, 0.05) is 38.3 Å². The van der Waals surface area contributed by atoms with Crippen LogP contribution in [-0.4, -0.2) is 52.6 Å². The maximum absolute atomic E-state index is 14.3. The number of carbonyl (C=O) groups excluding carboxylic acids is 1. The summed E-state index contributed by atoms with van der Waals surface area (Å²) in [4.78, 5) is 19.1. The van der Waals surface area contributed by atoms with Crippen molar-refractivity contribution < 1.29 is 13.6 Å². The van der Waals surface area contributed by atoms with Gasteiger partial charge in [0.05, 0.1) is 11.7 Å². The van der Waals surface area contributed by atoms with Gasteiger partial charge in [-0.05, 0) is 25.0 Å². The number of aromatic nitrogens is 3. The Morgan fingerprint density at radius 1 is 1.41 bits per heavy atom. The fraction of sp³-hybridized carbons (Fsp3) is 0.421. The highest BCUT2D eigenvalue weighted by Crippen LogP contribution is 2.38. The maximum Gasteiger partial charge on any atom is 0.280 e. The Morgan fingerprint density at radius 2 is 2.21 bits per heavy atom. The van der Waals surface area contributed by atoms with E-state index in [-0.39, 0.29) is 11.4 Å². The highest BCUT2D eigenvalue weighted by molar-refractivity contribution is 7.18. The van der Waals surface area contributed by atoms with Crippen LogP contribution in [-0.2, 0) is 0 Å². The highest BCUT2D eigenvalue weighted by atomic mass is 32.1. The number of nitrogens with zero attached hydrogens (tertiary/aromatic N) is 4. The second-order valence-corrected chi connectivity index (χ2v) is 8.40. The number of anilines is 1. The van der Waals surface area contributed by atoms with Crippen LogP contribution in [0, 0.1) is 0 Å². The first kappa shape index (κ1) is 19.7. The first-order valence-corrected chi connectivity index (χ1v) is 10.1. The molecule has 10 heteroatoms. The van der Waals surface area contributed by atoms with Gasteiger partial charge in [0.1, 0.15) is 16.7 Å². The summed E-state index contributed by atoms with van der Waals surface area (Å²) in [6.45, 7) is 0. The van der Waals surface area contributed by atoms with E-state index in [1.54, 1.807) is 10.7 Å². The SMILES string of the molecule is CN(C)c1sc(C(=O)N[C@@H]2[C@@H](N)CCCC2(F)F)nc1-c1cnn2ccccc12. The van der Waals surface area contributed by atoms with E-state index in [1.165, 1.54) is 0 Å². The molecule has 29 heavy (non-hydrogen) atoms. The molecule has 7 nitrogen and oxygen atoms in total. The molecule has 0 bridgehead atoms. The van der Waals surface area contributed by atoms with Gasteiger partial charge in [-0.2, -0.15) is 5.10 Å². The van der Waals surface area contributed by atoms with Gasteiger partial charge in [0.15, 0.2) is 5.01 Å². The van der Waals surface area contributed by atoms with Crippen LogP contribution in [0.2, 0.25) is 0 Å². The van der Waals surface area contributed by atoms with Gasteiger partial charge in [-0.25, -0.2) is 18.3 Å². The van der Waals surface area contributed by atoms with E-state index in [0.717, 1.165) is 27.4 Å². The molecule has 1 saturated carbocycles. The third-order valence-corrected chi connectivity index (χ3v) is 6.33. The van der Waals surface area contributed by atoms with Crippen LogP contribution < -0.4 is 16.0 Å². The lowest BCUT2D eigenvalue weighted by molar-refractivity contribution is -0.0674. The third kappa shape index (κ3) is 3.58. The fourth-order valence-electron chi connectivity index (χ4n) is 3.63. The van der Waals surface area contributed by atoms with Crippen LogP contribution in [0.4, 0.5) is 13.8 Å². The molecule has 1 aliphatic rings. The zero-order chi connectivity index (χ0) is 20.8. The second-order valence-electron chi connectivity index (χ2n) is 7.42. The van der Waals surface area contributed by atoms with Gasteiger partial charge in [0.2, 0.25) is 0 Å². The lowest BCUT2D eigenvalue weighted by Gasteiger charge is -2.36. The average Bonchev–Trinajstić information content (AvgIpc) is 3.28. The van der Waals surface area contributed by atoms with Crippen LogP contribution in [0.3, 0.4) is 0 Å². The number of thiazole rings is 1. The van der Waals surface area contributed by atoms with E-state index < -0.39 is 23.9 Å². The second kappa shape index (κ2) is 7.34. The van der Waals surface area contributed by atoms with E-state index in [9.17, 15) is 13.6 Å². The van der Waals surface area contributed by atoms with Gasteiger partial charge in [-0.15, -0.1) is 0 Å². The summed E-state index contributed by atoms with van der Waals surface area (Å²) in [6, 6.07) is 3.49. The van der Waals surface area contributed by atoms with Crippen molar-refractivity contribution in [1.82, 2.24) is 19.9 Å². The first-order valence-electron chi connectivity index (χ1n) is 9.33. The van der Waals surface area contributed by atoms with Crippen molar-refractivity contribution in [2.75, 3.05) is 19.0 Å². The largest absolute Gasteiger partial charge is 0.368 e. The number of halogens is 2. The predicted octanol–water partition coefficient (Wildman–Crippen LogP) is 2.77. The quantitative estimate of drug-likeness (QED) is 0.678. The summed E-state index contributed by atoms with van der Waals surface area (Å²) in [5, 5.41) is 7.61. The molecule has 3 aromatic heterocycles. The Balaban J connectivity index is 1.69. The molecular weight excluding hydrogens is 398 g/mol. The summed E-state index contributed by atoms with van der Waals surface area (Å²) in [5.41, 5.74) is 8.07. The van der Waals surface area contributed by atoms with Gasteiger partial charge in [-0.1, -0.05) is 17.4 Å². The molecule has 0 spiro atoms. The van der Waals surface area contributed by atoms with Crippen molar-refractivity contribution in [3.63, 3.8) is 0 Å². The molecule has 4 rings (SSSR count). The minimum Gasteiger partial charge on any atom is -0.368 e. The Labute approximate surface area is 170 Å². The topological polar surface area (TPSA) is 88.5 Å². The molecule has 0 unspecified atom stereocenters. The van der Waals surface area contributed by atoms with E-state index in [1.807, 2.05) is 43.4 Å². The predicted molar refractivity (Wildman–Crippen MR) is 109 cm³/mol. The molecule has 0 aromatic carbocycles. The Bertz CT molecular complexity index is 1050. The van der Waals surface area contributed by atoms with Crippen molar-refractivity contribution in [2.45, 2.75) is 37.3 Å². The van der Waals surface area contributed by atoms with Crippen LogP contribution >= 0.6 is 11.3 Å². The monoisotopic (exact) mass is 420 g/mol. The molecule has 154 valence electrons. The molecular formula is C19H22F2N6OS. The van der Waals surface area contributed by atoms with E-state index in [2.05, 4.69) is 15.4 Å². The summed E-state index contributed by atoms with van der Waals surface area (Å²) < 4.78 is 30.3. The molecule has 3 heterocycles. The molecule has 1 aliphatic carbocycles. The van der Waals surface area contributed by atoms with Gasteiger partial charge < -0.3 is 16.0 Å². The standard InChI is InChI=1S/C19H22F2N6OS/c1-26(2)18-14(11-10-23-27-9-4-3-7-13(11)27)24-17(29-18)16(28)25-15-12(22)6-5-8-19(15,20)21/h3-4,7,9-10,12,15H,5-6,8,22H2,1-2H3,(H,25,28)/t12-,15+/m0/s1. The molecule has 1 fully saturated rings. The van der Waals surface area contributed by atoms with Crippen molar-refractivity contribution in [3.8, 4) is 11.3 Å². The Morgan fingerprint density at radius 3 is 2.93 bits per heavy atom. The number of pyridine rings is 1. The number of rotatable bonds is 4. The number of nitrogens with two attached hydrogens (primary N) is 1. The molecule has 1 amide bonds. The molecule has 0 radical (unpaired) electrons. The normalized spacial score (nSPS) is 21.3. The van der Waals surface area contributed by atoms with Crippen LogP contribution in [0.25, 0.3) is 16.8 Å². The molecule has 0 aliphatic heterocycles. The number of hydrogen-bond acceptors (Lipinski definition) is 6. The van der Waals surface area contributed by atoms with E-state index >= 15 is 0 Å². The maximum atomic E-state index is 14.3. The Kier molecular flexibility index (Phi) is 4.99. The number of nitrogens with one attached hydrogen (secondary N) is 1. The smallest absolute Gasteiger partial charge is 0.280 e. The molecule has 0 saturated heterocycles. The molecule has 2 atom stereocenters. The number of amides is 1. The summed E-state index contributed by atoms with van der Waals surface area (Å²) >= 11 is 1.15. The first-order chi connectivity index (χ1) is 13.8. The summed E-state index contributed by atoms with van der Waals surface area (Å²) in [6.07, 6.45) is 4.03. The van der Waals surface area contributed by atoms with Crippen LogP contribution in [0.5, 0.6) is 0 Å². The number of alkyl halides is 2. The van der Waals surface area contributed by atoms with Crippen LogP contribution in [0.15, 0.2) is 30.6 Å². The Hall–Kier alpha value is -2.59. The lowest BCUT2D eigenvalue weighted by Crippen LogP contribution is -2.59. The van der Waals surface area contributed by atoms with Gasteiger partial charge in [-0.3, -0.25) is 4.79 Å². The van der Waals surface area contributed by atoms with Crippen LogP contribution in [0.1, 0.15) is 29.1 Å². The fourth-order valence-corrected chi connectivity index (χ4v) is 4.54. The summed E-state index contributed by atoms with van der Waals surface area (Å²) in [7, 11) is 3.69. The van der Waals surface area contributed by atoms with Gasteiger partial charge in [0.25, 0.3) is 11.8 Å². The molecule has 3 aromatic rings. The third-order valence-electron chi connectivity index (χ3n) is 5.11. The zero-order valence-corrected chi connectivity index (χ0v) is 16.9. The highest BCUT2D eigenvalue weighted by Gasteiger charge is 2.46. The lowest BCUT2D eigenvalue weighted by atomic mass is 9.87. The number of fused-ring (bicyclic) bond motifs is 1. The van der Waals surface area contributed by atoms with Gasteiger partial charge >= 0.3 is 0 Å². The summed E-state index contributed by atoms with van der Waals surface area (Å²) in [5.74, 6) is -3.66. The van der Waals surface area contributed by atoms with E-state index in [4.69, 9.17) is 5.73 Å². The van der Waals surface area contributed by atoms with Crippen molar-refractivity contribution >= 4 is 27.8 Å². The van der Waals surface area contributed by atoms with Crippen molar-refractivity contribution in [1.29, 1.82) is 0 Å². The number of hydrogen-bond donors (Lipinski definition) is 2. The zero-order valence-electron chi connectivity index (χ0n) is 16.1. The number of carbonyl (C=O) groups is 1. The minimum absolute atomic E-state index is 0.118. The minimum atomic E-state index is -3.03. The molecule has 3 N–H and O–H groups in total. The van der Waals surface area contributed by atoms with Crippen molar-refractivity contribution in [3.05, 3.63) is 35.6 Å². The van der Waals surface area contributed by atoms with E-state index in [0.29, 0.717) is 18.5 Å². The van der Waals surface area contributed by atoms with Crippen molar-refractivity contribution in [2.24, 2.45) is 5.73 Å². The average molecular weight is 420 g/mol.